The number of amidine groups is 2. The minimum absolute atomic E-state index is 0.0663. The van der Waals surface area contributed by atoms with Gasteiger partial charge in [0.05, 0.1) is 64.8 Å². The number of azo groups is 2. The van der Waals surface area contributed by atoms with E-state index >= 15 is 0 Å². The van der Waals surface area contributed by atoms with Gasteiger partial charge in [-0.2, -0.15) is 82.2 Å². The molecule has 0 radical (unpaired) electrons. The van der Waals surface area contributed by atoms with Gasteiger partial charge >= 0.3 is 11.9 Å². The first kappa shape index (κ1) is 73.8. The number of nitrogens with one attached hydrogen (secondary N) is 6. The van der Waals surface area contributed by atoms with Gasteiger partial charge in [0, 0.05) is 11.1 Å². The van der Waals surface area contributed by atoms with Gasteiger partial charge in [0.25, 0.3) is 50.6 Å². The number of hydrogen-bond donors (Lipinski definition) is 15. The molecule has 9 aromatic rings. The maximum Gasteiger partial charge on any atom is 0.337 e. The summed E-state index contributed by atoms with van der Waals surface area (Å²) in [4.78, 5) is 44.5. The molecule has 524 valence electrons. The molecule has 0 amide bonds. The number of carbonyl (C=O) groups is 2. The summed E-state index contributed by atoms with van der Waals surface area (Å²) < 4.78 is 175. The summed E-state index contributed by atoms with van der Waals surface area (Å²) in [5.74, 6) is -8.03. The predicted octanol–water partition coefficient (Wildman–Crippen LogP) is 9.42. The quantitative estimate of drug-likeness (QED) is 0.00707. The van der Waals surface area contributed by atoms with Crippen LogP contribution in [0.2, 0.25) is 10.6 Å². The molecule has 0 fully saturated rings. The van der Waals surface area contributed by atoms with Crippen LogP contribution in [0.15, 0.2) is 176 Å². The Kier molecular flexibility index (Phi) is 21.3. The van der Waals surface area contributed by atoms with E-state index in [-0.39, 0.29) is 39.2 Å². The van der Waals surface area contributed by atoms with Crippen molar-refractivity contribution in [3.05, 3.63) is 171 Å². The fraction of sp³-hybridized carbons (Fsp3) is 0.0545. The molecule has 101 heavy (non-hydrogen) atoms. The summed E-state index contributed by atoms with van der Waals surface area (Å²) >= 11 is 12.7. The van der Waals surface area contributed by atoms with Gasteiger partial charge in [-0.05, 0) is 121 Å². The molecular weight excluding hydrogens is 1480 g/mol. The molecule has 0 saturated heterocycles. The van der Waals surface area contributed by atoms with E-state index in [4.69, 9.17) is 23.2 Å². The second-order valence-corrected chi connectivity index (χ2v) is 28.0. The van der Waals surface area contributed by atoms with Crippen LogP contribution in [0.5, 0.6) is 11.5 Å². The number of halogens is 2. The SMILES string of the molecule is Cc1c(Nc2nc(Cl)nc(Nc3cc(S(=O)(=O)O)cc(N=N/C(=N/Nc4cc(S(=O)(=O)O)ccc4C(=O)O)c4ccccc4)c3O)n2)c(C)c(S(=O)(=O)O)c(C)c1Nc1nc(Cl)nc(Nc2cc(S(=O)(=O)O)cc(N=N/C(=N/Nc3cc(S(=O)(=O)O)ccc3C(=O)O)c3ccccc3)c2O)n1. The van der Waals surface area contributed by atoms with E-state index in [1.165, 1.54) is 69.3 Å². The molecule has 0 spiro atoms. The lowest BCUT2D eigenvalue weighted by atomic mass is 10.0. The zero-order chi connectivity index (χ0) is 73.8. The number of aromatic hydroxyl groups is 2. The average molecular weight is 1520 g/mol. The number of phenols is 2. The molecule has 9 rings (SSSR count). The van der Waals surface area contributed by atoms with E-state index in [0.29, 0.717) is 24.3 Å². The van der Waals surface area contributed by atoms with Crippen LogP contribution in [0, 0.1) is 20.8 Å². The van der Waals surface area contributed by atoms with Crippen molar-refractivity contribution in [3.63, 3.8) is 0 Å². The summed E-state index contributed by atoms with van der Waals surface area (Å²) in [5, 5.41) is 76.0. The zero-order valence-electron chi connectivity index (χ0n) is 50.6. The van der Waals surface area contributed by atoms with Crippen LogP contribution >= 0.6 is 23.2 Å². The molecule has 0 unspecified atom stereocenters. The van der Waals surface area contributed by atoms with Gasteiger partial charge in [-0.25, -0.2) is 9.59 Å². The number of hydrazone groups is 2. The molecular formula is C55H44Cl2N18O21S5. The van der Waals surface area contributed by atoms with Crippen LogP contribution < -0.4 is 32.1 Å². The third-order valence-electron chi connectivity index (χ3n) is 13.5. The Hall–Kier alpha value is -11.4. The fourth-order valence-corrected chi connectivity index (χ4v) is 12.4. The summed E-state index contributed by atoms with van der Waals surface area (Å²) in [6.45, 7) is 3.92. The van der Waals surface area contributed by atoms with Gasteiger partial charge in [-0.1, -0.05) is 60.7 Å². The van der Waals surface area contributed by atoms with E-state index in [1.807, 2.05) is 0 Å². The molecule has 0 aliphatic heterocycles. The number of anilines is 10. The maximum absolute atomic E-state index is 13.2. The number of benzene rings is 7. The molecule has 15 N–H and O–H groups in total. The van der Waals surface area contributed by atoms with Crippen molar-refractivity contribution in [2.24, 2.45) is 30.7 Å². The molecule has 0 bridgehead atoms. The minimum atomic E-state index is -5.19. The second kappa shape index (κ2) is 29.2. The number of hydrogen-bond acceptors (Lipinski definition) is 30. The highest BCUT2D eigenvalue weighted by Crippen LogP contribution is 2.43. The van der Waals surface area contributed by atoms with Crippen molar-refractivity contribution >= 4 is 167 Å². The first-order valence-corrected chi connectivity index (χ1v) is 35.2. The largest absolute Gasteiger partial charge is 0.504 e. The highest BCUT2D eigenvalue weighted by Gasteiger charge is 2.29. The normalized spacial score (nSPS) is 12.5. The average Bonchev–Trinajstić information content (AvgIpc) is 0.760. The molecule has 2 heterocycles. The number of phenolic OH excluding ortho intramolecular Hbond substituents is 2. The number of rotatable bonds is 23. The Morgan fingerprint density at radius 1 is 0.406 bits per heavy atom. The highest BCUT2D eigenvalue weighted by atomic mass is 35.5. The first-order valence-electron chi connectivity index (χ1n) is 27.3. The Bertz CT molecular complexity index is 5310. The van der Waals surface area contributed by atoms with Crippen LogP contribution in [0.1, 0.15) is 48.5 Å². The third-order valence-corrected chi connectivity index (χ3v) is 18.3. The molecule has 0 aliphatic carbocycles. The van der Waals surface area contributed by atoms with Crippen molar-refractivity contribution in [2.45, 2.75) is 45.2 Å². The van der Waals surface area contributed by atoms with Gasteiger partial charge < -0.3 is 41.7 Å². The van der Waals surface area contributed by atoms with Crippen molar-refractivity contribution in [1.29, 1.82) is 0 Å². The van der Waals surface area contributed by atoms with Crippen LogP contribution in [-0.4, -0.2) is 139 Å². The number of carboxylic acid groups (broad SMARTS) is 2. The zero-order valence-corrected chi connectivity index (χ0v) is 56.2. The van der Waals surface area contributed by atoms with Gasteiger partial charge in [0.1, 0.15) is 16.3 Å². The molecule has 2 aromatic heterocycles. The van der Waals surface area contributed by atoms with Gasteiger partial charge in [0.2, 0.25) is 46.0 Å². The number of carboxylic acids is 2. The van der Waals surface area contributed by atoms with Crippen LogP contribution in [-0.2, 0) is 50.6 Å². The Labute approximate surface area is 578 Å². The van der Waals surface area contributed by atoms with Crippen LogP contribution in [0.4, 0.5) is 69.3 Å². The molecule has 0 atom stereocenters. The van der Waals surface area contributed by atoms with Crippen molar-refractivity contribution in [2.75, 3.05) is 32.1 Å². The van der Waals surface area contributed by atoms with E-state index in [9.17, 15) is 94.9 Å². The summed E-state index contributed by atoms with van der Waals surface area (Å²) in [6.07, 6.45) is 0. The number of nitrogens with zero attached hydrogens (tertiary/aromatic N) is 12. The molecule has 0 aliphatic rings. The van der Waals surface area contributed by atoms with E-state index in [0.717, 1.165) is 36.4 Å². The van der Waals surface area contributed by atoms with E-state index < -0.39 is 190 Å². The van der Waals surface area contributed by atoms with Gasteiger partial charge in [0.15, 0.2) is 11.5 Å². The monoisotopic (exact) mass is 1520 g/mol. The molecule has 7 aromatic carbocycles. The molecule has 0 saturated carbocycles. The van der Waals surface area contributed by atoms with Crippen molar-refractivity contribution in [1.82, 2.24) is 29.9 Å². The second-order valence-electron chi connectivity index (χ2n) is 20.3. The van der Waals surface area contributed by atoms with Crippen molar-refractivity contribution in [3.8, 4) is 11.5 Å². The maximum atomic E-state index is 13.2. The highest BCUT2D eigenvalue weighted by molar-refractivity contribution is 7.87. The van der Waals surface area contributed by atoms with Crippen LogP contribution in [0.25, 0.3) is 0 Å². The van der Waals surface area contributed by atoms with E-state index in [2.05, 4.69) is 92.7 Å². The Morgan fingerprint density at radius 3 is 1.05 bits per heavy atom. The summed E-state index contributed by atoms with van der Waals surface area (Å²) in [7, 11) is -25.3. The molecule has 39 nitrogen and oxygen atoms in total. The van der Waals surface area contributed by atoms with Crippen molar-refractivity contribution < 1.29 is 94.9 Å². The van der Waals surface area contributed by atoms with Gasteiger partial charge in [-0.3, -0.25) is 33.6 Å². The van der Waals surface area contributed by atoms with E-state index in [1.54, 1.807) is 12.1 Å². The lowest BCUT2D eigenvalue weighted by Crippen LogP contribution is -2.13. The summed E-state index contributed by atoms with van der Waals surface area (Å²) in [6, 6.07) is 22.6. The summed E-state index contributed by atoms with van der Waals surface area (Å²) in [5.41, 5.74) is -0.340. The lowest BCUT2D eigenvalue weighted by molar-refractivity contribution is 0.0687. The van der Waals surface area contributed by atoms with Crippen LogP contribution in [0.3, 0.4) is 0 Å². The minimum Gasteiger partial charge on any atom is -0.504 e. The predicted molar refractivity (Wildman–Crippen MR) is 358 cm³/mol. The lowest BCUT2D eigenvalue weighted by Gasteiger charge is -2.22. The first-order chi connectivity index (χ1) is 47.2. The van der Waals surface area contributed by atoms with Gasteiger partial charge in [-0.15, -0.1) is 20.5 Å². The Morgan fingerprint density at radius 2 is 0.733 bits per heavy atom. The topological polar surface area (TPSA) is 611 Å². The number of aromatic carboxylic acids is 2. The molecule has 46 heteroatoms. The Balaban J connectivity index is 1.04. The number of aromatic nitrogens is 6. The third kappa shape index (κ3) is 17.9. The standard InChI is InChI=1S/C55H44Cl2N18O21S5/c1-24-41(60-54-64-50(56)62-52(66-54)58-37-20-31(99(88,89)90)22-39(43(37)76)70-74-46(27-10-6-4-7-11-27)72-68-35-18-29(97(82,83)84)14-16-33(35)48(78)79)25(2)45(101(94,95)96)26(3)42(24)61-55-65-51(57)63-53(67-55)59-38-21-32(100(91,92)93)23-40(44(38)77)71-75-47(28-12-8-5-9-13-28)73-69-36-19-30(98(85,86)87)15-17-34(36)49(80)81/h4-23,68-69,76-77H,1-3H3,(H,78,79)(H,80,81)(H,82,83,84)(H,85,86,87)(H,88,89,90)(H,91,92,93)(H,94,95,96)(H2,58,60,62,64,66)(H2,59,61,63,65,67)/b72-46+,73-47+,74-70?,75-71?. The fourth-order valence-electron chi connectivity index (χ4n) is 8.99. The smallest absolute Gasteiger partial charge is 0.337 e.